The highest BCUT2D eigenvalue weighted by molar-refractivity contribution is 5.87. The van der Waals surface area contributed by atoms with E-state index in [-0.39, 0.29) is 36.2 Å². The second-order valence-corrected chi connectivity index (χ2v) is 8.25. The summed E-state index contributed by atoms with van der Waals surface area (Å²) in [6, 6.07) is 12.8. The molecule has 0 saturated carbocycles. The van der Waals surface area contributed by atoms with Gasteiger partial charge in [0.25, 0.3) is 5.91 Å². The Morgan fingerprint density at radius 2 is 1.73 bits per heavy atom. The standard InChI is InChI=1S/C24H31FN2O3/c1-6-26-23(29)17(2)27(15-18-11-13-19(25)14-12-18)22(28)16-30-21-10-8-7-9-20(21)24(3,4)5/h7-14,17H,6,15-16H2,1-5H3,(H,26,29)/t17-/m1/s1. The number of benzene rings is 2. The quantitative estimate of drug-likeness (QED) is 0.709. The van der Waals surface area contributed by atoms with Crippen LogP contribution in [-0.4, -0.2) is 35.9 Å². The summed E-state index contributed by atoms with van der Waals surface area (Å²) in [5.41, 5.74) is 1.59. The van der Waals surface area contributed by atoms with Gasteiger partial charge >= 0.3 is 0 Å². The van der Waals surface area contributed by atoms with Crippen molar-refractivity contribution >= 4 is 11.8 Å². The number of likely N-dealkylation sites (N-methyl/N-ethyl adjacent to an activating group) is 1. The molecule has 5 nitrogen and oxygen atoms in total. The van der Waals surface area contributed by atoms with Gasteiger partial charge in [0.1, 0.15) is 17.6 Å². The number of nitrogens with one attached hydrogen (secondary N) is 1. The van der Waals surface area contributed by atoms with Gasteiger partial charge in [-0.15, -0.1) is 0 Å². The highest BCUT2D eigenvalue weighted by Crippen LogP contribution is 2.31. The topological polar surface area (TPSA) is 58.6 Å². The average molecular weight is 415 g/mol. The van der Waals surface area contributed by atoms with Gasteiger partial charge < -0.3 is 15.0 Å². The zero-order chi connectivity index (χ0) is 22.3. The van der Waals surface area contributed by atoms with E-state index in [2.05, 4.69) is 26.1 Å². The molecule has 0 aromatic heterocycles. The van der Waals surface area contributed by atoms with Crippen LogP contribution in [0.15, 0.2) is 48.5 Å². The summed E-state index contributed by atoms with van der Waals surface area (Å²) in [6.45, 7) is 10.2. The molecule has 0 spiro atoms. The van der Waals surface area contributed by atoms with Crippen molar-refractivity contribution in [1.82, 2.24) is 10.2 Å². The number of para-hydroxylation sites is 1. The molecule has 0 fully saturated rings. The van der Waals surface area contributed by atoms with Gasteiger partial charge in [0.05, 0.1) is 0 Å². The molecule has 0 heterocycles. The Morgan fingerprint density at radius 3 is 2.33 bits per heavy atom. The summed E-state index contributed by atoms with van der Waals surface area (Å²) in [5.74, 6) is -0.272. The van der Waals surface area contributed by atoms with Crippen molar-refractivity contribution in [3.63, 3.8) is 0 Å². The van der Waals surface area contributed by atoms with Crippen LogP contribution in [0.3, 0.4) is 0 Å². The Morgan fingerprint density at radius 1 is 1.10 bits per heavy atom. The van der Waals surface area contributed by atoms with E-state index >= 15 is 0 Å². The van der Waals surface area contributed by atoms with E-state index < -0.39 is 6.04 Å². The summed E-state index contributed by atoms with van der Waals surface area (Å²) < 4.78 is 19.1. The first-order chi connectivity index (χ1) is 14.1. The maximum absolute atomic E-state index is 13.2. The molecule has 30 heavy (non-hydrogen) atoms. The third-order valence-electron chi connectivity index (χ3n) is 4.83. The number of amides is 2. The molecule has 1 N–H and O–H groups in total. The van der Waals surface area contributed by atoms with Crippen LogP contribution in [0.25, 0.3) is 0 Å². The summed E-state index contributed by atoms with van der Waals surface area (Å²) in [5, 5.41) is 2.74. The second-order valence-electron chi connectivity index (χ2n) is 8.25. The highest BCUT2D eigenvalue weighted by Gasteiger charge is 2.27. The molecule has 0 aliphatic carbocycles. The fourth-order valence-electron chi connectivity index (χ4n) is 3.13. The first-order valence-corrected chi connectivity index (χ1v) is 10.2. The van der Waals surface area contributed by atoms with Gasteiger partial charge in [-0.05, 0) is 48.6 Å². The van der Waals surface area contributed by atoms with Crippen LogP contribution in [-0.2, 0) is 21.5 Å². The normalized spacial score (nSPS) is 12.2. The number of ether oxygens (including phenoxy) is 1. The van der Waals surface area contributed by atoms with Gasteiger partial charge in [-0.1, -0.05) is 51.1 Å². The van der Waals surface area contributed by atoms with Gasteiger partial charge in [0, 0.05) is 13.1 Å². The van der Waals surface area contributed by atoms with Crippen molar-refractivity contribution in [2.24, 2.45) is 0 Å². The van der Waals surface area contributed by atoms with Crippen LogP contribution >= 0.6 is 0 Å². The smallest absolute Gasteiger partial charge is 0.261 e. The number of halogens is 1. The highest BCUT2D eigenvalue weighted by atomic mass is 19.1. The zero-order valence-corrected chi connectivity index (χ0v) is 18.4. The predicted octanol–water partition coefficient (Wildman–Crippen LogP) is 4.06. The van der Waals surface area contributed by atoms with E-state index in [1.165, 1.54) is 17.0 Å². The maximum Gasteiger partial charge on any atom is 0.261 e. The first-order valence-electron chi connectivity index (χ1n) is 10.2. The van der Waals surface area contributed by atoms with Crippen LogP contribution in [0, 0.1) is 5.82 Å². The summed E-state index contributed by atoms with van der Waals surface area (Å²) in [4.78, 5) is 26.9. The average Bonchev–Trinajstić information content (AvgIpc) is 2.70. The number of hydrogen-bond acceptors (Lipinski definition) is 3. The Hall–Kier alpha value is -2.89. The third kappa shape index (κ3) is 6.31. The van der Waals surface area contributed by atoms with Crippen LogP contribution < -0.4 is 10.1 Å². The van der Waals surface area contributed by atoms with E-state index in [1.54, 1.807) is 19.1 Å². The molecule has 2 rings (SSSR count). The number of carbonyl (C=O) groups excluding carboxylic acids is 2. The third-order valence-corrected chi connectivity index (χ3v) is 4.83. The number of carbonyl (C=O) groups is 2. The molecule has 2 aromatic rings. The Kier molecular flexibility index (Phi) is 7.98. The van der Waals surface area contributed by atoms with Gasteiger partial charge in [-0.2, -0.15) is 0 Å². The van der Waals surface area contributed by atoms with Crippen LogP contribution in [0.5, 0.6) is 5.75 Å². The lowest BCUT2D eigenvalue weighted by Gasteiger charge is -2.29. The lowest BCUT2D eigenvalue weighted by atomic mass is 9.86. The molecule has 0 saturated heterocycles. The van der Waals surface area contributed by atoms with E-state index in [1.807, 2.05) is 31.2 Å². The SMILES string of the molecule is CCNC(=O)[C@@H](C)N(Cc1ccc(F)cc1)C(=O)COc1ccccc1C(C)(C)C. The molecule has 0 aliphatic rings. The molecule has 0 radical (unpaired) electrons. The van der Waals surface area contributed by atoms with Gasteiger partial charge in [-0.25, -0.2) is 4.39 Å². The summed E-state index contributed by atoms with van der Waals surface area (Å²) >= 11 is 0. The lowest BCUT2D eigenvalue weighted by Crippen LogP contribution is -2.49. The predicted molar refractivity (Wildman–Crippen MR) is 116 cm³/mol. The van der Waals surface area contributed by atoms with Crippen LogP contribution in [0.2, 0.25) is 0 Å². The first kappa shape index (κ1) is 23.4. The van der Waals surface area contributed by atoms with Gasteiger partial charge in [-0.3, -0.25) is 9.59 Å². The molecule has 2 amide bonds. The van der Waals surface area contributed by atoms with Crippen molar-refractivity contribution < 1.29 is 18.7 Å². The molecular weight excluding hydrogens is 383 g/mol. The summed E-state index contributed by atoms with van der Waals surface area (Å²) in [6.07, 6.45) is 0. The monoisotopic (exact) mass is 414 g/mol. The van der Waals surface area contributed by atoms with Crippen LogP contribution in [0.4, 0.5) is 4.39 Å². The van der Waals surface area contributed by atoms with Crippen molar-refractivity contribution in [3.05, 3.63) is 65.5 Å². The Balaban J connectivity index is 2.20. The Labute approximate surface area is 178 Å². The van der Waals surface area contributed by atoms with Gasteiger partial charge in [0.2, 0.25) is 5.91 Å². The fourth-order valence-corrected chi connectivity index (χ4v) is 3.13. The molecule has 0 aliphatic heterocycles. The van der Waals surface area contributed by atoms with Crippen molar-refractivity contribution in [1.29, 1.82) is 0 Å². The molecular formula is C24H31FN2O3. The lowest BCUT2D eigenvalue weighted by molar-refractivity contribution is -0.142. The summed E-state index contributed by atoms with van der Waals surface area (Å²) in [7, 11) is 0. The molecule has 6 heteroatoms. The minimum Gasteiger partial charge on any atom is -0.483 e. The van der Waals surface area contributed by atoms with Crippen molar-refractivity contribution in [3.8, 4) is 5.75 Å². The van der Waals surface area contributed by atoms with Crippen molar-refractivity contribution in [2.75, 3.05) is 13.2 Å². The van der Waals surface area contributed by atoms with Crippen molar-refractivity contribution in [2.45, 2.75) is 52.6 Å². The molecule has 2 aromatic carbocycles. The van der Waals surface area contributed by atoms with E-state index in [0.717, 1.165) is 11.1 Å². The second kappa shape index (κ2) is 10.2. The minimum absolute atomic E-state index is 0.137. The largest absolute Gasteiger partial charge is 0.483 e. The molecule has 0 unspecified atom stereocenters. The van der Waals surface area contributed by atoms with Gasteiger partial charge in [0.15, 0.2) is 6.61 Å². The zero-order valence-electron chi connectivity index (χ0n) is 18.4. The molecule has 162 valence electrons. The minimum atomic E-state index is -0.691. The number of hydrogen-bond donors (Lipinski definition) is 1. The van der Waals surface area contributed by atoms with Crippen LogP contribution in [0.1, 0.15) is 45.7 Å². The number of rotatable bonds is 8. The Bertz CT molecular complexity index is 859. The molecule has 1 atom stereocenters. The van der Waals surface area contributed by atoms with E-state index in [4.69, 9.17) is 4.74 Å². The van der Waals surface area contributed by atoms with E-state index in [9.17, 15) is 14.0 Å². The molecule has 0 bridgehead atoms. The van der Waals surface area contributed by atoms with E-state index in [0.29, 0.717) is 12.3 Å². The fraction of sp³-hybridized carbons (Fsp3) is 0.417. The number of nitrogens with zero attached hydrogens (tertiary/aromatic N) is 1. The maximum atomic E-state index is 13.2.